The lowest BCUT2D eigenvalue weighted by Crippen LogP contribution is -2.25. The fraction of sp³-hybridized carbons (Fsp3) is 0.857. The molecule has 0 aromatic rings. The highest BCUT2D eigenvalue weighted by atomic mass is 19.4. The molecule has 0 aromatic carbocycles. The normalized spacial score (nSPS) is 13.9. The molecule has 0 fully saturated rings. The second-order valence-electron chi connectivity index (χ2n) is 2.54. The van der Waals surface area contributed by atoms with E-state index in [4.69, 9.17) is 0 Å². The molecule has 13 heavy (non-hydrogen) atoms. The molecular formula is C7H11F3O3. The molecule has 0 rings (SSSR count). The molecule has 6 heteroatoms. The summed E-state index contributed by atoms with van der Waals surface area (Å²) in [6, 6.07) is 0. The Morgan fingerprint density at radius 3 is 2.38 bits per heavy atom. The Morgan fingerprint density at radius 1 is 1.46 bits per heavy atom. The number of esters is 1. The summed E-state index contributed by atoms with van der Waals surface area (Å²) in [4.78, 5) is 10.2. The Morgan fingerprint density at radius 2 is 2.00 bits per heavy atom. The number of hydrogen-bond donors (Lipinski definition) is 0. The van der Waals surface area contributed by atoms with E-state index >= 15 is 0 Å². The van der Waals surface area contributed by atoms with Crippen molar-refractivity contribution < 1.29 is 27.4 Å². The Balaban J connectivity index is 3.52. The standard InChI is InChI=1S/C7H11F3O3/c1-5(3-12-6(2)11)13-4-7(8,9)10/h5H,3-4H2,1-2H3. The van der Waals surface area contributed by atoms with Crippen LogP contribution in [0.2, 0.25) is 0 Å². The van der Waals surface area contributed by atoms with E-state index in [2.05, 4.69) is 9.47 Å². The lowest BCUT2D eigenvalue weighted by Gasteiger charge is -2.13. The van der Waals surface area contributed by atoms with Gasteiger partial charge in [-0.15, -0.1) is 0 Å². The Kier molecular flexibility index (Phi) is 4.76. The minimum Gasteiger partial charge on any atom is -0.463 e. The highest BCUT2D eigenvalue weighted by molar-refractivity contribution is 5.65. The monoisotopic (exact) mass is 200 g/mol. The van der Waals surface area contributed by atoms with Crippen molar-refractivity contribution in [1.29, 1.82) is 0 Å². The van der Waals surface area contributed by atoms with Gasteiger partial charge in [0.1, 0.15) is 13.2 Å². The maximum Gasteiger partial charge on any atom is 0.411 e. The zero-order valence-electron chi connectivity index (χ0n) is 7.35. The van der Waals surface area contributed by atoms with E-state index in [0.717, 1.165) is 0 Å². The fourth-order valence-corrected chi connectivity index (χ4v) is 0.520. The van der Waals surface area contributed by atoms with Gasteiger partial charge >= 0.3 is 12.1 Å². The van der Waals surface area contributed by atoms with Crippen molar-refractivity contribution in [1.82, 2.24) is 0 Å². The number of halogens is 3. The van der Waals surface area contributed by atoms with E-state index < -0.39 is 24.9 Å². The van der Waals surface area contributed by atoms with Crippen LogP contribution in [0, 0.1) is 0 Å². The smallest absolute Gasteiger partial charge is 0.411 e. The Hall–Kier alpha value is -0.780. The van der Waals surface area contributed by atoms with Gasteiger partial charge in [0.15, 0.2) is 0 Å². The SMILES string of the molecule is CC(=O)OCC(C)OCC(F)(F)F. The third kappa shape index (κ3) is 9.13. The number of hydrogen-bond acceptors (Lipinski definition) is 3. The topological polar surface area (TPSA) is 35.5 Å². The third-order valence-electron chi connectivity index (χ3n) is 1.05. The molecule has 0 aromatic heterocycles. The Labute approximate surface area is 73.8 Å². The van der Waals surface area contributed by atoms with Gasteiger partial charge < -0.3 is 9.47 Å². The van der Waals surface area contributed by atoms with Crippen LogP contribution in [-0.2, 0) is 14.3 Å². The highest BCUT2D eigenvalue weighted by Crippen LogP contribution is 2.15. The molecule has 0 saturated carbocycles. The van der Waals surface area contributed by atoms with Crippen molar-refractivity contribution in [3.8, 4) is 0 Å². The van der Waals surface area contributed by atoms with Gasteiger partial charge in [-0.2, -0.15) is 13.2 Å². The zero-order chi connectivity index (χ0) is 10.5. The molecule has 0 saturated heterocycles. The molecular weight excluding hydrogens is 189 g/mol. The molecule has 0 bridgehead atoms. The summed E-state index contributed by atoms with van der Waals surface area (Å²) in [6.45, 7) is 1.09. The summed E-state index contributed by atoms with van der Waals surface area (Å²) in [7, 11) is 0. The molecule has 0 aliphatic rings. The average Bonchev–Trinajstić information content (AvgIpc) is 1.95. The summed E-state index contributed by atoms with van der Waals surface area (Å²) >= 11 is 0. The summed E-state index contributed by atoms with van der Waals surface area (Å²) in [6.07, 6.45) is -5.09. The molecule has 0 aliphatic carbocycles. The van der Waals surface area contributed by atoms with Gasteiger partial charge in [-0.05, 0) is 6.92 Å². The number of rotatable bonds is 4. The van der Waals surface area contributed by atoms with Gasteiger partial charge in [0, 0.05) is 6.92 Å². The number of carbonyl (C=O) groups excluding carboxylic acids is 1. The summed E-state index contributed by atoms with van der Waals surface area (Å²) in [5, 5.41) is 0. The van der Waals surface area contributed by atoms with Crippen LogP contribution in [0.15, 0.2) is 0 Å². The summed E-state index contributed by atoms with van der Waals surface area (Å²) in [5.74, 6) is -0.539. The van der Waals surface area contributed by atoms with Crippen molar-refractivity contribution in [2.24, 2.45) is 0 Å². The summed E-state index contributed by atoms with van der Waals surface area (Å²) < 4.78 is 43.5. The molecule has 0 spiro atoms. The van der Waals surface area contributed by atoms with Crippen LogP contribution < -0.4 is 0 Å². The minimum atomic E-state index is -4.34. The molecule has 0 amide bonds. The second kappa shape index (κ2) is 5.06. The molecule has 0 radical (unpaired) electrons. The van der Waals surface area contributed by atoms with Gasteiger partial charge in [-0.25, -0.2) is 0 Å². The van der Waals surface area contributed by atoms with Crippen LogP contribution in [0.25, 0.3) is 0 Å². The second-order valence-corrected chi connectivity index (χ2v) is 2.54. The summed E-state index contributed by atoms with van der Waals surface area (Å²) in [5.41, 5.74) is 0. The van der Waals surface area contributed by atoms with Gasteiger partial charge in [-0.3, -0.25) is 4.79 Å². The molecule has 0 N–H and O–H groups in total. The first-order valence-electron chi connectivity index (χ1n) is 3.63. The van der Waals surface area contributed by atoms with Crippen LogP contribution in [0.5, 0.6) is 0 Å². The van der Waals surface area contributed by atoms with Gasteiger partial charge in [-0.1, -0.05) is 0 Å². The fourth-order valence-electron chi connectivity index (χ4n) is 0.520. The van der Waals surface area contributed by atoms with Crippen LogP contribution in [0.1, 0.15) is 13.8 Å². The third-order valence-corrected chi connectivity index (χ3v) is 1.05. The lowest BCUT2D eigenvalue weighted by molar-refractivity contribution is -0.188. The maximum atomic E-state index is 11.6. The maximum absolute atomic E-state index is 11.6. The van der Waals surface area contributed by atoms with E-state index in [-0.39, 0.29) is 6.61 Å². The van der Waals surface area contributed by atoms with Crippen molar-refractivity contribution in [3.63, 3.8) is 0 Å². The van der Waals surface area contributed by atoms with Crippen LogP contribution in [0.3, 0.4) is 0 Å². The van der Waals surface area contributed by atoms with Crippen molar-refractivity contribution in [2.45, 2.75) is 26.1 Å². The average molecular weight is 200 g/mol. The number of alkyl halides is 3. The van der Waals surface area contributed by atoms with E-state index in [1.165, 1.54) is 13.8 Å². The predicted octanol–water partition coefficient (Wildman–Crippen LogP) is 1.52. The molecule has 1 atom stereocenters. The van der Waals surface area contributed by atoms with E-state index in [1.807, 2.05) is 0 Å². The van der Waals surface area contributed by atoms with Crippen molar-refractivity contribution in [3.05, 3.63) is 0 Å². The molecule has 0 aliphatic heterocycles. The van der Waals surface area contributed by atoms with Gasteiger partial charge in [0.2, 0.25) is 0 Å². The number of ether oxygens (including phenoxy) is 2. The number of carbonyl (C=O) groups is 1. The zero-order valence-corrected chi connectivity index (χ0v) is 7.35. The van der Waals surface area contributed by atoms with Gasteiger partial charge in [0.05, 0.1) is 6.10 Å². The molecule has 78 valence electrons. The minimum absolute atomic E-state index is 0.161. The highest BCUT2D eigenvalue weighted by Gasteiger charge is 2.28. The van der Waals surface area contributed by atoms with Crippen LogP contribution >= 0.6 is 0 Å². The van der Waals surface area contributed by atoms with Crippen LogP contribution in [0.4, 0.5) is 13.2 Å². The van der Waals surface area contributed by atoms with E-state index in [0.29, 0.717) is 0 Å². The largest absolute Gasteiger partial charge is 0.463 e. The first-order chi connectivity index (χ1) is 5.81. The molecule has 0 heterocycles. The Bertz CT molecular complexity index is 167. The van der Waals surface area contributed by atoms with Crippen LogP contribution in [-0.4, -0.2) is 31.5 Å². The lowest BCUT2D eigenvalue weighted by atomic mass is 10.4. The molecule has 1 unspecified atom stereocenters. The van der Waals surface area contributed by atoms with Crippen molar-refractivity contribution >= 4 is 5.97 Å². The quantitative estimate of drug-likeness (QED) is 0.645. The van der Waals surface area contributed by atoms with Crippen molar-refractivity contribution in [2.75, 3.05) is 13.2 Å². The van der Waals surface area contributed by atoms with E-state index in [1.54, 1.807) is 0 Å². The predicted molar refractivity (Wildman–Crippen MR) is 38.1 cm³/mol. The first-order valence-corrected chi connectivity index (χ1v) is 3.63. The van der Waals surface area contributed by atoms with Gasteiger partial charge in [0.25, 0.3) is 0 Å². The molecule has 3 nitrogen and oxygen atoms in total. The first kappa shape index (κ1) is 12.2. The van der Waals surface area contributed by atoms with E-state index in [9.17, 15) is 18.0 Å².